The molecule has 2 atom stereocenters. The van der Waals surface area contributed by atoms with Gasteiger partial charge in [0.05, 0.1) is 17.9 Å². The molecule has 116 valence electrons. The molecule has 2 unspecified atom stereocenters. The predicted molar refractivity (Wildman–Crippen MR) is 83.4 cm³/mol. The summed E-state index contributed by atoms with van der Waals surface area (Å²) < 4.78 is 5.81. The van der Waals surface area contributed by atoms with Gasteiger partial charge < -0.3 is 9.64 Å². The number of anilines is 1. The number of aromatic nitrogens is 2. The molecule has 1 aromatic rings. The molecule has 0 amide bonds. The Labute approximate surface area is 127 Å². The van der Waals surface area contributed by atoms with Crippen LogP contribution in [-0.2, 0) is 11.3 Å². The molecular weight excluding hydrogens is 264 g/mol. The van der Waals surface area contributed by atoms with Gasteiger partial charge in [0.1, 0.15) is 12.1 Å². The highest BCUT2D eigenvalue weighted by atomic mass is 16.5. The second kappa shape index (κ2) is 5.54. The Morgan fingerprint density at radius 1 is 1.19 bits per heavy atom. The summed E-state index contributed by atoms with van der Waals surface area (Å²) in [5.74, 6) is 1.04. The Hall–Kier alpha value is -1.20. The lowest BCUT2D eigenvalue weighted by Crippen LogP contribution is -2.52. The first-order chi connectivity index (χ1) is 9.92. The lowest BCUT2D eigenvalue weighted by molar-refractivity contribution is -0.0165. The van der Waals surface area contributed by atoms with Crippen LogP contribution in [0.3, 0.4) is 0 Å². The number of rotatable bonds is 3. The number of ether oxygens (including phenoxy) is 1. The van der Waals surface area contributed by atoms with Crippen LogP contribution >= 0.6 is 0 Å². The van der Waals surface area contributed by atoms with Crippen molar-refractivity contribution in [2.75, 3.05) is 25.0 Å². The fourth-order valence-corrected chi connectivity index (χ4v) is 3.23. The van der Waals surface area contributed by atoms with Crippen LogP contribution in [0.25, 0.3) is 0 Å². The minimum Gasteiger partial charge on any atom is -0.370 e. The van der Waals surface area contributed by atoms with E-state index >= 15 is 0 Å². The third-order valence-electron chi connectivity index (χ3n) is 4.53. The highest BCUT2D eigenvalue weighted by molar-refractivity contribution is 5.40. The maximum Gasteiger partial charge on any atom is 0.132 e. The molecule has 2 aliphatic rings. The summed E-state index contributed by atoms with van der Waals surface area (Å²) in [6, 6.07) is 3.43. The monoisotopic (exact) mass is 290 g/mol. The van der Waals surface area contributed by atoms with Crippen LogP contribution < -0.4 is 4.90 Å². The van der Waals surface area contributed by atoms with E-state index in [4.69, 9.17) is 4.74 Å². The van der Waals surface area contributed by atoms with E-state index in [9.17, 15) is 0 Å². The van der Waals surface area contributed by atoms with Crippen molar-refractivity contribution in [3.8, 4) is 0 Å². The van der Waals surface area contributed by atoms with E-state index in [-0.39, 0.29) is 5.60 Å². The van der Waals surface area contributed by atoms with Gasteiger partial charge in [-0.25, -0.2) is 9.97 Å². The molecule has 3 heterocycles. The van der Waals surface area contributed by atoms with E-state index in [1.54, 1.807) is 6.33 Å². The van der Waals surface area contributed by atoms with Gasteiger partial charge in [0.15, 0.2) is 0 Å². The largest absolute Gasteiger partial charge is 0.370 e. The average Bonchev–Trinajstić information content (AvgIpc) is 2.66. The summed E-state index contributed by atoms with van der Waals surface area (Å²) in [5, 5.41) is 0. The standard InChI is InChI=1S/C16H26N4O/c1-16(2,3)21-10-12-7-15(18-11-17-12)20-8-13-5-6-14(9-20)19(13)4/h7,11,13-14H,5-6,8-10H2,1-4H3. The first kappa shape index (κ1) is 14.7. The van der Waals surface area contributed by atoms with E-state index in [0.717, 1.165) is 24.6 Å². The lowest BCUT2D eigenvalue weighted by atomic mass is 10.2. The minimum absolute atomic E-state index is 0.141. The van der Waals surface area contributed by atoms with Crippen molar-refractivity contribution in [3.63, 3.8) is 0 Å². The van der Waals surface area contributed by atoms with E-state index in [1.165, 1.54) is 12.8 Å². The second-order valence-electron chi connectivity index (χ2n) is 7.22. The van der Waals surface area contributed by atoms with Gasteiger partial charge in [0.25, 0.3) is 0 Å². The zero-order chi connectivity index (χ0) is 15.0. The summed E-state index contributed by atoms with van der Waals surface area (Å²) in [6.07, 6.45) is 4.28. The van der Waals surface area contributed by atoms with Crippen molar-refractivity contribution in [2.24, 2.45) is 0 Å². The molecule has 2 aliphatic heterocycles. The Balaban J connectivity index is 1.69. The molecule has 3 rings (SSSR count). The highest BCUT2D eigenvalue weighted by Crippen LogP contribution is 2.30. The van der Waals surface area contributed by atoms with Crippen LogP contribution in [0.2, 0.25) is 0 Å². The van der Waals surface area contributed by atoms with Crippen LogP contribution in [0, 0.1) is 0 Å². The van der Waals surface area contributed by atoms with Gasteiger partial charge in [-0.3, -0.25) is 4.90 Å². The van der Waals surface area contributed by atoms with Crippen LogP contribution in [0.15, 0.2) is 12.4 Å². The molecule has 21 heavy (non-hydrogen) atoms. The van der Waals surface area contributed by atoms with Crippen molar-refractivity contribution in [2.45, 2.75) is 57.9 Å². The average molecular weight is 290 g/mol. The van der Waals surface area contributed by atoms with Crippen molar-refractivity contribution < 1.29 is 4.74 Å². The van der Waals surface area contributed by atoms with E-state index in [2.05, 4.69) is 53.7 Å². The second-order valence-corrected chi connectivity index (χ2v) is 7.22. The SMILES string of the molecule is CN1C2CCC1CN(c1cc(COC(C)(C)C)ncn1)C2. The Morgan fingerprint density at radius 2 is 1.86 bits per heavy atom. The number of hydrogen-bond donors (Lipinski definition) is 0. The number of piperazine rings is 1. The van der Waals surface area contributed by atoms with Gasteiger partial charge in [-0.1, -0.05) is 0 Å². The molecule has 0 aliphatic carbocycles. The van der Waals surface area contributed by atoms with E-state index in [0.29, 0.717) is 18.7 Å². The van der Waals surface area contributed by atoms with Crippen LogP contribution in [0.1, 0.15) is 39.3 Å². The van der Waals surface area contributed by atoms with Gasteiger partial charge in [-0.05, 0) is 40.7 Å². The van der Waals surface area contributed by atoms with Crippen molar-refractivity contribution in [1.82, 2.24) is 14.9 Å². The van der Waals surface area contributed by atoms with Crippen molar-refractivity contribution in [1.29, 1.82) is 0 Å². The van der Waals surface area contributed by atoms with Gasteiger partial charge in [0.2, 0.25) is 0 Å². The Bertz CT molecular complexity index is 485. The van der Waals surface area contributed by atoms with Crippen LogP contribution in [-0.4, -0.2) is 52.7 Å². The van der Waals surface area contributed by atoms with Gasteiger partial charge in [-0.15, -0.1) is 0 Å². The molecule has 5 heteroatoms. The molecule has 0 radical (unpaired) electrons. The fourth-order valence-electron chi connectivity index (χ4n) is 3.23. The summed E-state index contributed by atoms with van der Waals surface area (Å²) in [7, 11) is 2.25. The van der Waals surface area contributed by atoms with Crippen LogP contribution in [0.4, 0.5) is 5.82 Å². The third kappa shape index (κ3) is 3.35. The first-order valence-electron chi connectivity index (χ1n) is 7.84. The topological polar surface area (TPSA) is 41.5 Å². The zero-order valence-corrected chi connectivity index (χ0v) is 13.5. The molecule has 1 aromatic heterocycles. The smallest absolute Gasteiger partial charge is 0.132 e. The highest BCUT2D eigenvalue weighted by Gasteiger charge is 2.37. The first-order valence-corrected chi connectivity index (χ1v) is 7.84. The fraction of sp³-hybridized carbons (Fsp3) is 0.750. The number of likely N-dealkylation sites (N-methyl/N-ethyl adjacent to an activating group) is 1. The zero-order valence-electron chi connectivity index (χ0n) is 13.5. The van der Waals surface area contributed by atoms with E-state index < -0.39 is 0 Å². The molecule has 0 aromatic carbocycles. The molecular formula is C16H26N4O. The molecule has 0 saturated carbocycles. The summed E-state index contributed by atoms with van der Waals surface area (Å²) in [6.45, 7) is 8.88. The van der Waals surface area contributed by atoms with Crippen LogP contribution in [0.5, 0.6) is 0 Å². The third-order valence-corrected chi connectivity index (χ3v) is 4.53. The molecule has 5 nitrogen and oxygen atoms in total. The Morgan fingerprint density at radius 3 is 2.48 bits per heavy atom. The summed E-state index contributed by atoms with van der Waals surface area (Å²) in [4.78, 5) is 13.7. The van der Waals surface area contributed by atoms with Crippen molar-refractivity contribution >= 4 is 5.82 Å². The van der Waals surface area contributed by atoms with E-state index in [1.807, 2.05) is 0 Å². The lowest BCUT2D eigenvalue weighted by Gasteiger charge is -2.39. The van der Waals surface area contributed by atoms with Gasteiger partial charge >= 0.3 is 0 Å². The maximum atomic E-state index is 5.81. The molecule has 2 fully saturated rings. The molecule has 0 N–H and O–H groups in total. The number of hydrogen-bond acceptors (Lipinski definition) is 5. The molecule has 0 spiro atoms. The summed E-state index contributed by atoms with van der Waals surface area (Å²) >= 11 is 0. The van der Waals surface area contributed by atoms with Gasteiger partial charge in [-0.2, -0.15) is 0 Å². The summed E-state index contributed by atoms with van der Waals surface area (Å²) in [5.41, 5.74) is 0.819. The minimum atomic E-state index is -0.141. The number of nitrogens with zero attached hydrogens (tertiary/aromatic N) is 4. The quantitative estimate of drug-likeness (QED) is 0.852. The van der Waals surface area contributed by atoms with Crippen molar-refractivity contribution in [3.05, 3.63) is 18.1 Å². The number of fused-ring (bicyclic) bond motifs is 2. The predicted octanol–water partition coefficient (Wildman–Crippen LogP) is 2.07. The Kier molecular flexibility index (Phi) is 3.88. The normalized spacial score (nSPS) is 26.4. The maximum absolute atomic E-state index is 5.81. The molecule has 2 saturated heterocycles. The molecule has 2 bridgehead atoms. The van der Waals surface area contributed by atoms with Gasteiger partial charge in [0, 0.05) is 31.2 Å².